The smallest absolute Gasteiger partial charge is 0.268 e. The summed E-state index contributed by atoms with van der Waals surface area (Å²) < 4.78 is 38.4. The van der Waals surface area contributed by atoms with Gasteiger partial charge >= 0.3 is 0 Å². The highest BCUT2D eigenvalue weighted by Crippen LogP contribution is 2.31. The maximum absolute atomic E-state index is 13.5. The number of fused-ring (bicyclic) bond motifs is 1. The summed E-state index contributed by atoms with van der Waals surface area (Å²) in [6, 6.07) is 28.8. The van der Waals surface area contributed by atoms with Gasteiger partial charge in [-0.1, -0.05) is 60.7 Å². The van der Waals surface area contributed by atoms with E-state index in [1.165, 1.54) is 26.4 Å². The average Bonchev–Trinajstić information content (AvgIpc) is 3.38. The van der Waals surface area contributed by atoms with Gasteiger partial charge in [0.1, 0.15) is 17.2 Å². The van der Waals surface area contributed by atoms with E-state index in [4.69, 9.17) is 21.1 Å². The molecule has 1 aromatic heterocycles. The predicted octanol–water partition coefficient (Wildman–Crippen LogP) is 6.50. The third-order valence-corrected chi connectivity index (χ3v) is 8.11. The number of halogens is 1. The largest absolute Gasteiger partial charge is 0.496 e. The lowest BCUT2D eigenvalue weighted by Gasteiger charge is -2.14. The molecule has 9 heteroatoms. The van der Waals surface area contributed by atoms with Crippen LogP contribution in [0, 0.1) is 6.92 Å². The minimum absolute atomic E-state index is 0.0685. The molecule has 0 radical (unpaired) electrons. The molecule has 0 bridgehead atoms. The van der Waals surface area contributed by atoms with E-state index in [0.717, 1.165) is 9.54 Å². The molecule has 0 N–H and O–H groups in total. The van der Waals surface area contributed by atoms with Crippen LogP contribution in [0.1, 0.15) is 32.0 Å². The van der Waals surface area contributed by atoms with E-state index in [9.17, 15) is 18.0 Å². The first-order valence-electron chi connectivity index (χ1n) is 12.1. The van der Waals surface area contributed by atoms with Crippen LogP contribution in [0.3, 0.4) is 0 Å². The topological polar surface area (TPSA) is 91.7 Å². The van der Waals surface area contributed by atoms with Crippen LogP contribution in [0.15, 0.2) is 108 Å². The standard InChI is InChI=1S/C23H19NO4S.C8H7ClO2/c1-16-9-8-13-19(23(16)28-2)22(25)21-15-17-10-6-7-14-20(17)24(21)29(26,27)18-11-4-3-5-12-18;1-11-7-5-3-2-4-6(7)8(9)10/h3-15H,1-2H3;2-5H,1H3. The number of carbonyl (C=O) groups excluding carboxylic acids is 2. The van der Waals surface area contributed by atoms with Crippen molar-refractivity contribution >= 4 is 43.6 Å². The molecule has 0 saturated heterocycles. The maximum atomic E-state index is 13.5. The molecule has 0 aliphatic carbocycles. The van der Waals surface area contributed by atoms with Crippen LogP contribution in [-0.2, 0) is 10.0 Å². The Morgan fingerprint density at radius 3 is 2.02 bits per heavy atom. The zero-order valence-corrected chi connectivity index (χ0v) is 23.6. The molecule has 204 valence electrons. The number of hydrogen-bond acceptors (Lipinski definition) is 6. The van der Waals surface area contributed by atoms with Gasteiger partial charge in [-0.3, -0.25) is 9.59 Å². The van der Waals surface area contributed by atoms with Crippen LogP contribution in [0.4, 0.5) is 0 Å². The van der Waals surface area contributed by atoms with Crippen molar-refractivity contribution in [3.8, 4) is 11.5 Å². The number of hydrogen-bond donors (Lipinski definition) is 0. The first-order valence-corrected chi connectivity index (χ1v) is 13.9. The van der Waals surface area contributed by atoms with Crippen LogP contribution in [0.5, 0.6) is 11.5 Å². The summed E-state index contributed by atoms with van der Waals surface area (Å²) in [5.41, 5.74) is 2.04. The van der Waals surface area contributed by atoms with Gasteiger partial charge in [0, 0.05) is 5.39 Å². The summed E-state index contributed by atoms with van der Waals surface area (Å²) in [4.78, 5) is 24.3. The van der Waals surface area contributed by atoms with E-state index < -0.39 is 21.0 Å². The molecule has 5 aromatic rings. The van der Waals surface area contributed by atoms with Gasteiger partial charge in [-0.05, 0) is 66.6 Å². The molecule has 7 nitrogen and oxygen atoms in total. The first-order chi connectivity index (χ1) is 19.2. The maximum Gasteiger partial charge on any atom is 0.268 e. The third-order valence-electron chi connectivity index (χ3n) is 6.16. The summed E-state index contributed by atoms with van der Waals surface area (Å²) in [6.07, 6.45) is 0. The number of rotatable bonds is 7. The number of aryl methyl sites for hydroxylation is 1. The summed E-state index contributed by atoms with van der Waals surface area (Å²) in [6.45, 7) is 1.84. The molecule has 0 aliphatic heterocycles. The lowest BCUT2D eigenvalue weighted by molar-refractivity contribution is 0.102. The Morgan fingerprint density at radius 2 is 1.38 bits per heavy atom. The van der Waals surface area contributed by atoms with Gasteiger partial charge in [-0.2, -0.15) is 0 Å². The Bertz CT molecular complexity index is 1800. The van der Waals surface area contributed by atoms with Gasteiger partial charge in [-0.15, -0.1) is 0 Å². The SMILES string of the molecule is COc1c(C)cccc1C(=O)c1cc2ccccc2n1S(=O)(=O)c1ccccc1.COc1ccccc1C(=O)Cl. The van der Waals surface area contributed by atoms with E-state index in [1.807, 2.05) is 19.1 Å². The molecule has 4 aromatic carbocycles. The first kappa shape index (κ1) is 28.6. The third kappa shape index (κ3) is 5.64. The lowest BCUT2D eigenvalue weighted by Crippen LogP contribution is -2.19. The van der Waals surface area contributed by atoms with Gasteiger partial charge < -0.3 is 9.47 Å². The van der Waals surface area contributed by atoms with Crippen LogP contribution >= 0.6 is 11.6 Å². The Balaban J connectivity index is 0.000000283. The van der Waals surface area contributed by atoms with E-state index in [-0.39, 0.29) is 10.6 Å². The molecule has 0 atom stereocenters. The van der Waals surface area contributed by atoms with E-state index in [1.54, 1.807) is 78.9 Å². The highest BCUT2D eigenvalue weighted by Gasteiger charge is 2.28. The van der Waals surface area contributed by atoms with Gasteiger partial charge in [0.25, 0.3) is 15.3 Å². The zero-order valence-electron chi connectivity index (χ0n) is 22.0. The van der Waals surface area contributed by atoms with Crippen molar-refractivity contribution < 1.29 is 27.5 Å². The van der Waals surface area contributed by atoms with E-state index >= 15 is 0 Å². The van der Waals surface area contributed by atoms with Crippen molar-refractivity contribution in [3.63, 3.8) is 0 Å². The van der Waals surface area contributed by atoms with Gasteiger partial charge in [0.2, 0.25) is 5.78 Å². The van der Waals surface area contributed by atoms with Gasteiger partial charge in [0.15, 0.2) is 0 Å². The van der Waals surface area contributed by atoms with Gasteiger partial charge in [0.05, 0.1) is 35.8 Å². The van der Waals surface area contributed by atoms with Crippen LogP contribution < -0.4 is 9.47 Å². The van der Waals surface area contributed by atoms with E-state index in [0.29, 0.717) is 33.5 Å². The number of ketones is 1. The second-order valence-corrected chi connectivity index (χ2v) is 10.8. The summed E-state index contributed by atoms with van der Waals surface area (Å²) >= 11 is 5.27. The number of methoxy groups -OCH3 is 2. The molecular formula is C31H26ClNO6S. The molecule has 40 heavy (non-hydrogen) atoms. The fourth-order valence-electron chi connectivity index (χ4n) is 4.29. The number of benzene rings is 4. The van der Waals surface area contributed by atoms with Crippen molar-refractivity contribution in [2.75, 3.05) is 14.2 Å². The van der Waals surface area contributed by atoms with Gasteiger partial charge in [-0.25, -0.2) is 12.4 Å². The normalized spacial score (nSPS) is 10.9. The van der Waals surface area contributed by atoms with E-state index in [2.05, 4.69) is 0 Å². The van der Waals surface area contributed by atoms with Crippen molar-refractivity contribution in [1.82, 2.24) is 3.97 Å². The molecule has 0 amide bonds. The molecular weight excluding hydrogens is 550 g/mol. The Hall–Kier alpha value is -4.40. The van der Waals surface area contributed by atoms with Crippen molar-refractivity contribution in [2.45, 2.75) is 11.8 Å². The highest BCUT2D eigenvalue weighted by atomic mass is 35.5. The molecule has 0 fully saturated rings. The van der Waals surface area contributed by atoms with Crippen LogP contribution in [0.2, 0.25) is 0 Å². The zero-order chi connectivity index (χ0) is 28.9. The van der Waals surface area contributed by atoms with Crippen LogP contribution in [-0.4, -0.2) is 37.6 Å². The molecule has 0 saturated carbocycles. The number of nitrogens with zero attached hydrogens (tertiary/aromatic N) is 1. The number of para-hydroxylation sites is 3. The van der Waals surface area contributed by atoms with Crippen molar-refractivity contribution in [2.24, 2.45) is 0 Å². The highest BCUT2D eigenvalue weighted by molar-refractivity contribution is 7.90. The average molecular weight is 576 g/mol. The molecule has 0 spiro atoms. The monoisotopic (exact) mass is 575 g/mol. The van der Waals surface area contributed by atoms with Crippen molar-refractivity contribution in [1.29, 1.82) is 0 Å². The molecule has 0 aliphatic rings. The fourth-order valence-corrected chi connectivity index (χ4v) is 5.98. The predicted molar refractivity (Wildman–Crippen MR) is 155 cm³/mol. The second kappa shape index (κ2) is 12.2. The minimum atomic E-state index is -3.98. The quantitative estimate of drug-likeness (QED) is 0.162. The van der Waals surface area contributed by atoms with Crippen LogP contribution in [0.25, 0.3) is 10.9 Å². The second-order valence-electron chi connectivity index (χ2n) is 8.63. The molecule has 0 unspecified atom stereocenters. The Morgan fingerprint density at radius 1 is 0.750 bits per heavy atom. The molecule has 1 heterocycles. The Labute approximate surface area is 237 Å². The summed E-state index contributed by atoms with van der Waals surface area (Å²) in [5.74, 6) is 0.528. The number of carbonyl (C=O) groups is 2. The summed E-state index contributed by atoms with van der Waals surface area (Å²) in [5, 5.41) is 0.171. The van der Waals surface area contributed by atoms with Crippen molar-refractivity contribution in [3.05, 3.63) is 126 Å². The number of ether oxygens (including phenoxy) is 2. The lowest BCUT2D eigenvalue weighted by atomic mass is 10.0. The Kier molecular flexibility index (Phi) is 8.72. The number of aromatic nitrogens is 1. The minimum Gasteiger partial charge on any atom is -0.496 e. The fraction of sp³-hybridized carbons (Fsp3) is 0.0968. The summed E-state index contributed by atoms with van der Waals surface area (Å²) in [7, 11) is -0.987. The molecule has 5 rings (SSSR count).